The minimum atomic E-state index is 0.472. The largest absolute Gasteiger partial charge is 0.327 e. The average molecular weight is 224 g/mol. The van der Waals surface area contributed by atoms with Gasteiger partial charge in [-0.1, -0.05) is 26.2 Å². The molecule has 0 spiro atoms. The van der Waals surface area contributed by atoms with Crippen molar-refractivity contribution in [3.63, 3.8) is 0 Å². The highest BCUT2D eigenvalue weighted by molar-refractivity contribution is 4.85. The van der Waals surface area contributed by atoms with E-state index in [1.54, 1.807) is 0 Å². The van der Waals surface area contributed by atoms with Gasteiger partial charge in [-0.25, -0.2) is 0 Å². The second-order valence-electron chi connectivity index (χ2n) is 5.72. The minimum Gasteiger partial charge on any atom is -0.327 e. The van der Waals surface area contributed by atoms with Crippen LogP contribution in [0.5, 0.6) is 0 Å². The summed E-state index contributed by atoms with van der Waals surface area (Å²) in [5, 5.41) is 0. The van der Waals surface area contributed by atoms with E-state index >= 15 is 0 Å². The first-order valence-corrected chi connectivity index (χ1v) is 7.31. The maximum atomic E-state index is 6.40. The number of hydrogen-bond donors (Lipinski definition) is 1. The van der Waals surface area contributed by atoms with Gasteiger partial charge in [0.25, 0.3) is 0 Å². The smallest absolute Gasteiger partial charge is 0.0110 e. The first kappa shape index (κ1) is 12.4. The van der Waals surface area contributed by atoms with Gasteiger partial charge in [-0.05, 0) is 51.1 Å². The fourth-order valence-corrected chi connectivity index (χ4v) is 3.64. The molecular formula is C14H28N2. The Hall–Kier alpha value is -0.0800. The average Bonchev–Trinajstić information content (AvgIpc) is 2.83. The summed E-state index contributed by atoms with van der Waals surface area (Å²) < 4.78 is 0. The zero-order chi connectivity index (χ0) is 11.4. The van der Waals surface area contributed by atoms with Gasteiger partial charge in [-0.3, -0.25) is 0 Å². The second-order valence-corrected chi connectivity index (χ2v) is 5.72. The molecule has 2 atom stereocenters. The quantitative estimate of drug-likeness (QED) is 0.795. The van der Waals surface area contributed by atoms with E-state index in [4.69, 9.17) is 5.73 Å². The van der Waals surface area contributed by atoms with Crippen molar-refractivity contribution in [3.8, 4) is 0 Å². The molecule has 0 radical (unpaired) electrons. The van der Waals surface area contributed by atoms with E-state index in [1.165, 1.54) is 64.5 Å². The van der Waals surface area contributed by atoms with Gasteiger partial charge in [-0.2, -0.15) is 0 Å². The Labute approximate surface area is 101 Å². The monoisotopic (exact) mass is 224 g/mol. The first-order chi connectivity index (χ1) is 7.81. The van der Waals surface area contributed by atoms with Crippen LogP contribution in [0.15, 0.2) is 0 Å². The summed E-state index contributed by atoms with van der Waals surface area (Å²) in [5.74, 6) is 0.834. The highest BCUT2D eigenvalue weighted by Crippen LogP contribution is 2.30. The summed E-state index contributed by atoms with van der Waals surface area (Å²) in [5.41, 5.74) is 6.40. The van der Waals surface area contributed by atoms with E-state index in [0.29, 0.717) is 6.04 Å². The fraction of sp³-hybridized carbons (Fsp3) is 1.00. The predicted molar refractivity (Wildman–Crippen MR) is 69.4 cm³/mol. The van der Waals surface area contributed by atoms with Crippen molar-refractivity contribution in [1.82, 2.24) is 4.90 Å². The molecule has 0 bridgehead atoms. The molecule has 2 N–H and O–H groups in total. The van der Waals surface area contributed by atoms with Gasteiger partial charge in [-0.15, -0.1) is 0 Å². The van der Waals surface area contributed by atoms with Crippen molar-refractivity contribution in [2.75, 3.05) is 13.1 Å². The molecule has 2 unspecified atom stereocenters. The molecule has 16 heavy (non-hydrogen) atoms. The van der Waals surface area contributed by atoms with Gasteiger partial charge in [0.2, 0.25) is 0 Å². The normalized spacial score (nSPS) is 30.8. The molecule has 2 aliphatic rings. The highest BCUT2D eigenvalue weighted by Gasteiger charge is 2.28. The third kappa shape index (κ3) is 2.98. The third-order valence-electron chi connectivity index (χ3n) is 4.70. The molecule has 1 aliphatic heterocycles. The van der Waals surface area contributed by atoms with Crippen molar-refractivity contribution < 1.29 is 0 Å². The summed E-state index contributed by atoms with van der Waals surface area (Å²) in [7, 11) is 0. The Bertz CT molecular complexity index is 199. The maximum Gasteiger partial charge on any atom is 0.0110 e. The van der Waals surface area contributed by atoms with Crippen molar-refractivity contribution in [2.45, 2.75) is 70.4 Å². The van der Waals surface area contributed by atoms with Crippen LogP contribution in [0, 0.1) is 5.92 Å². The Morgan fingerprint density at radius 3 is 2.50 bits per heavy atom. The van der Waals surface area contributed by atoms with Crippen LogP contribution in [0.25, 0.3) is 0 Å². The second kappa shape index (κ2) is 6.02. The maximum absolute atomic E-state index is 6.40. The van der Waals surface area contributed by atoms with Crippen LogP contribution in [-0.2, 0) is 0 Å². The van der Waals surface area contributed by atoms with Crippen molar-refractivity contribution in [3.05, 3.63) is 0 Å². The predicted octanol–water partition coefficient (Wildman–Crippen LogP) is 2.77. The molecular weight excluding hydrogens is 196 g/mol. The Morgan fingerprint density at radius 2 is 1.81 bits per heavy atom. The molecule has 1 saturated carbocycles. The molecule has 2 fully saturated rings. The highest BCUT2D eigenvalue weighted by atomic mass is 15.2. The van der Waals surface area contributed by atoms with Crippen LogP contribution < -0.4 is 5.73 Å². The van der Waals surface area contributed by atoms with E-state index in [-0.39, 0.29) is 0 Å². The van der Waals surface area contributed by atoms with Gasteiger partial charge >= 0.3 is 0 Å². The fourth-order valence-electron chi connectivity index (χ4n) is 3.64. The van der Waals surface area contributed by atoms with Gasteiger partial charge in [0.05, 0.1) is 0 Å². The summed E-state index contributed by atoms with van der Waals surface area (Å²) in [4.78, 5) is 2.65. The summed E-state index contributed by atoms with van der Waals surface area (Å²) in [6.07, 6.45) is 11.1. The lowest BCUT2D eigenvalue weighted by Gasteiger charge is -2.37. The number of hydrogen-bond acceptors (Lipinski definition) is 2. The zero-order valence-corrected chi connectivity index (χ0v) is 10.8. The molecule has 1 heterocycles. The van der Waals surface area contributed by atoms with Crippen LogP contribution in [0.2, 0.25) is 0 Å². The number of nitrogens with two attached hydrogens (primary N) is 1. The molecule has 0 aromatic carbocycles. The molecule has 94 valence electrons. The lowest BCUT2D eigenvalue weighted by atomic mass is 9.89. The number of nitrogens with zero attached hydrogens (tertiary/aromatic N) is 1. The molecule has 2 nitrogen and oxygen atoms in total. The van der Waals surface area contributed by atoms with Gasteiger partial charge in [0.1, 0.15) is 0 Å². The summed E-state index contributed by atoms with van der Waals surface area (Å²) in [6.45, 7) is 4.81. The van der Waals surface area contributed by atoms with E-state index in [1.807, 2.05) is 0 Å². The van der Waals surface area contributed by atoms with Crippen molar-refractivity contribution in [1.29, 1.82) is 0 Å². The molecule has 0 aromatic heterocycles. The van der Waals surface area contributed by atoms with Gasteiger partial charge < -0.3 is 10.6 Å². The molecule has 0 aromatic rings. The van der Waals surface area contributed by atoms with Crippen LogP contribution in [0.1, 0.15) is 58.3 Å². The number of piperidine rings is 1. The van der Waals surface area contributed by atoms with Gasteiger partial charge in [0, 0.05) is 12.1 Å². The topological polar surface area (TPSA) is 29.3 Å². The van der Waals surface area contributed by atoms with E-state index in [0.717, 1.165) is 12.0 Å². The van der Waals surface area contributed by atoms with E-state index in [9.17, 15) is 0 Å². The summed E-state index contributed by atoms with van der Waals surface area (Å²) >= 11 is 0. The van der Waals surface area contributed by atoms with Crippen LogP contribution in [-0.4, -0.2) is 30.1 Å². The molecule has 1 saturated heterocycles. The molecule has 0 amide bonds. The number of rotatable bonds is 4. The molecule has 2 heteroatoms. The molecule has 1 aliphatic carbocycles. The SMILES string of the molecule is CCN1CCCCC1CC(N)C1CCCC1. The van der Waals surface area contributed by atoms with Crippen LogP contribution >= 0.6 is 0 Å². The third-order valence-corrected chi connectivity index (χ3v) is 4.70. The van der Waals surface area contributed by atoms with Crippen LogP contribution in [0.4, 0.5) is 0 Å². The first-order valence-electron chi connectivity index (χ1n) is 7.31. The van der Waals surface area contributed by atoms with E-state index < -0.39 is 0 Å². The van der Waals surface area contributed by atoms with E-state index in [2.05, 4.69) is 11.8 Å². The standard InChI is InChI=1S/C14H28N2/c1-2-16-10-6-5-9-13(16)11-14(15)12-7-3-4-8-12/h12-14H,2-11,15H2,1H3. The van der Waals surface area contributed by atoms with Gasteiger partial charge in [0.15, 0.2) is 0 Å². The summed E-state index contributed by atoms with van der Waals surface area (Å²) in [6, 6.07) is 1.26. The zero-order valence-electron chi connectivity index (χ0n) is 10.8. The Kier molecular flexibility index (Phi) is 4.66. The minimum absolute atomic E-state index is 0.472. The number of likely N-dealkylation sites (tertiary alicyclic amines) is 1. The van der Waals surface area contributed by atoms with Crippen molar-refractivity contribution in [2.24, 2.45) is 11.7 Å². The Balaban J connectivity index is 1.81. The van der Waals surface area contributed by atoms with Crippen molar-refractivity contribution >= 4 is 0 Å². The Morgan fingerprint density at radius 1 is 1.12 bits per heavy atom. The lowest BCUT2D eigenvalue weighted by Crippen LogP contribution is -2.44. The van der Waals surface area contributed by atoms with Crippen LogP contribution in [0.3, 0.4) is 0 Å². The molecule has 2 rings (SSSR count). The lowest BCUT2D eigenvalue weighted by molar-refractivity contribution is 0.134.